The quantitative estimate of drug-likeness (QED) is 0.588. The molecule has 4 nitrogen and oxygen atoms in total. The molecule has 1 aromatic carbocycles. The van der Waals surface area contributed by atoms with Crippen LogP contribution in [-0.4, -0.2) is 17.6 Å². The topological polar surface area (TPSA) is 65.2 Å². The summed E-state index contributed by atoms with van der Waals surface area (Å²) >= 11 is 1.24. The van der Waals surface area contributed by atoms with Crippen LogP contribution in [0.1, 0.15) is 16.6 Å². The molecule has 2 aromatic heterocycles. The molecule has 112 valence electrons. The molecule has 3 rings (SSSR count). The van der Waals surface area contributed by atoms with E-state index in [1.807, 2.05) is 0 Å². The molecule has 0 amide bonds. The zero-order valence-electron chi connectivity index (χ0n) is 11.8. The molecular weight excluding hydrogens is 303 g/mol. The molecule has 0 aliphatic rings. The van der Waals surface area contributed by atoms with Crippen molar-refractivity contribution in [3.05, 3.63) is 47.2 Å². The summed E-state index contributed by atoms with van der Waals surface area (Å²) in [5, 5.41) is 0. The first-order valence-corrected chi connectivity index (χ1v) is 7.53. The summed E-state index contributed by atoms with van der Waals surface area (Å²) in [4.78, 5) is 16.5. The van der Waals surface area contributed by atoms with Crippen molar-refractivity contribution in [2.24, 2.45) is 0 Å². The first kappa shape index (κ1) is 14.5. The van der Waals surface area contributed by atoms with Crippen molar-refractivity contribution < 1.29 is 13.9 Å². The number of nitrogens with two attached hydrogens (primary N) is 1. The number of fused-ring (bicyclic) bond motifs is 1. The third-order valence-corrected chi connectivity index (χ3v) is 4.31. The van der Waals surface area contributed by atoms with Gasteiger partial charge in [0.2, 0.25) is 0 Å². The Morgan fingerprint density at radius 1 is 1.32 bits per heavy atom. The Labute approximate surface area is 130 Å². The van der Waals surface area contributed by atoms with Gasteiger partial charge in [0.05, 0.1) is 16.8 Å². The van der Waals surface area contributed by atoms with Gasteiger partial charge in [-0.25, -0.2) is 9.18 Å². The van der Waals surface area contributed by atoms with E-state index in [-0.39, 0.29) is 0 Å². The highest BCUT2D eigenvalue weighted by atomic mass is 32.1. The fraction of sp³-hybridized carbons (Fsp3) is 0.125. The largest absolute Gasteiger partial charge is 0.462 e. The summed E-state index contributed by atoms with van der Waals surface area (Å²) in [5.74, 6) is -0.798. The zero-order chi connectivity index (χ0) is 15.7. The first-order valence-electron chi connectivity index (χ1n) is 6.71. The summed E-state index contributed by atoms with van der Waals surface area (Å²) in [7, 11) is 0. The molecule has 0 unspecified atom stereocenters. The molecule has 0 saturated carbocycles. The first-order chi connectivity index (χ1) is 10.6. The fourth-order valence-electron chi connectivity index (χ4n) is 2.20. The number of hydrogen-bond acceptors (Lipinski definition) is 5. The lowest BCUT2D eigenvalue weighted by atomic mass is 10.1. The van der Waals surface area contributed by atoms with Crippen LogP contribution >= 0.6 is 11.3 Å². The van der Waals surface area contributed by atoms with E-state index in [0.717, 1.165) is 4.70 Å². The Balaban J connectivity index is 2.16. The van der Waals surface area contributed by atoms with Crippen LogP contribution in [0, 0.1) is 5.82 Å². The molecule has 0 spiro atoms. The number of carbonyl (C=O) groups is 1. The van der Waals surface area contributed by atoms with E-state index in [2.05, 4.69) is 4.98 Å². The van der Waals surface area contributed by atoms with Crippen molar-refractivity contribution in [2.75, 3.05) is 12.3 Å². The maximum atomic E-state index is 14.2. The van der Waals surface area contributed by atoms with E-state index in [0.29, 0.717) is 33.8 Å². The van der Waals surface area contributed by atoms with Crippen LogP contribution < -0.4 is 5.73 Å². The lowest BCUT2D eigenvalue weighted by Crippen LogP contribution is -2.01. The third kappa shape index (κ3) is 2.53. The summed E-state index contributed by atoms with van der Waals surface area (Å²) in [5.41, 5.74) is 7.70. The Kier molecular flexibility index (Phi) is 3.77. The average Bonchev–Trinajstić information content (AvgIpc) is 2.92. The standard InChI is InChI=1S/C16H13FN2O2S/c1-2-21-16(20)14-8-13-15(22-14)11(5-6-19-13)10-4-3-9(18)7-12(10)17/h3-8H,2,18H2,1H3. The molecule has 0 atom stereocenters. The van der Waals surface area contributed by atoms with Gasteiger partial charge in [0, 0.05) is 23.0 Å². The number of esters is 1. The molecule has 2 N–H and O–H groups in total. The number of nitrogens with zero attached hydrogens (tertiary/aromatic N) is 1. The number of pyridine rings is 1. The highest BCUT2D eigenvalue weighted by Gasteiger charge is 2.16. The SMILES string of the molecule is CCOC(=O)c1cc2nccc(-c3ccc(N)cc3F)c2s1. The number of carbonyl (C=O) groups excluding carboxylic acids is 1. The van der Waals surface area contributed by atoms with Crippen molar-refractivity contribution in [1.29, 1.82) is 0 Å². The predicted molar refractivity (Wildman–Crippen MR) is 85.4 cm³/mol. The number of ether oxygens (including phenoxy) is 1. The van der Waals surface area contributed by atoms with E-state index in [9.17, 15) is 9.18 Å². The number of anilines is 1. The van der Waals surface area contributed by atoms with Crippen molar-refractivity contribution in [1.82, 2.24) is 4.98 Å². The van der Waals surface area contributed by atoms with Gasteiger partial charge >= 0.3 is 5.97 Å². The summed E-state index contributed by atoms with van der Waals surface area (Å²) in [6.45, 7) is 2.05. The molecule has 0 radical (unpaired) electrons. The van der Waals surface area contributed by atoms with Crippen LogP contribution in [0.2, 0.25) is 0 Å². The molecule has 6 heteroatoms. The maximum absolute atomic E-state index is 14.2. The summed E-state index contributed by atoms with van der Waals surface area (Å²) in [6.07, 6.45) is 1.59. The second-order valence-corrected chi connectivity index (χ2v) is 5.70. The third-order valence-electron chi connectivity index (χ3n) is 3.17. The van der Waals surface area contributed by atoms with Gasteiger partial charge in [-0.05, 0) is 37.3 Å². The lowest BCUT2D eigenvalue weighted by Gasteiger charge is -2.05. The van der Waals surface area contributed by atoms with E-state index >= 15 is 0 Å². The molecule has 0 bridgehead atoms. The van der Waals surface area contributed by atoms with Gasteiger partial charge in [-0.1, -0.05) is 0 Å². The number of hydrogen-bond donors (Lipinski definition) is 1. The van der Waals surface area contributed by atoms with Gasteiger partial charge in [0.25, 0.3) is 0 Å². The molecule has 2 heterocycles. The van der Waals surface area contributed by atoms with Crippen molar-refractivity contribution in [3.63, 3.8) is 0 Å². The number of rotatable bonds is 3. The van der Waals surface area contributed by atoms with E-state index in [4.69, 9.17) is 10.5 Å². The fourth-order valence-corrected chi connectivity index (χ4v) is 3.24. The Hall–Kier alpha value is -2.47. The highest BCUT2D eigenvalue weighted by Crippen LogP contribution is 2.35. The normalized spacial score (nSPS) is 10.8. The molecule has 0 aliphatic carbocycles. The van der Waals surface area contributed by atoms with Gasteiger partial charge < -0.3 is 10.5 Å². The van der Waals surface area contributed by atoms with Crippen LogP contribution in [0.5, 0.6) is 0 Å². The predicted octanol–water partition coefficient (Wildman–Crippen LogP) is 3.86. The number of nitrogen functional groups attached to an aromatic ring is 1. The minimum Gasteiger partial charge on any atom is -0.462 e. The zero-order valence-corrected chi connectivity index (χ0v) is 12.6. The molecule has 3 aromatic rings. The Bertz CT molecular complexity index is 860. The average molecular weight is 316 g/mol. The summed E-state index contributed by atoms with van der Waals surface area (Å²) in [6, 6.07) is 7.94. The number of thiophene rings is 1. The minimum absolute atomic E-state index is 0.306. The maximum Gasteiger partial charge on any atom is 0.348 e. The molecule has 0 saturated heterocycles. The van der Waals surface area contributed by atoms with Crippen molar-refractivity contribution in [3.8, 4) is 11.1 Å². The van der Waals surface area contributed by atoms with Crippen LogP contribution in [0.4, 0.5) is 10.1 Å². The minimum atomic E-state index is -0.404. The molecule has 22 heavy (non-hydrogen) atoms. The molecule has 0 aliphatic heterocycles. The number of aromatic nitrogens is 1. The van der Waals surface area contributed by atoms with Crippen LogP contribution in [0.15, 0.2) is 36.5 Å². The lowest BCUT2D eigenvalue weighted by molar-refractivity contribution is 0.0532. The van der Waals surface area contributed by atoms with Gasteiger partial charge in [-0.3, -0.25) is 4.98 Å². The van der Waals surface area contributed by atoms with E-state index < -0.39 is 11.8 Å². The Morgan fingerprint density at radius 3 is 2.86 bits per heavy atom. The molecular formula is C16H13FN2O2S. The van der Waals surface area contributed by atoms with E-state index in [1.165, 1.54) is 17.4 Å². The van der Waals surface area contributed by atoms with Crippen molar-refractivity contribution in [2.45, 2.75) is 6.92 Å². The number of halogens is 1. The van der Waals surface area contributed by atoms with E-state index in [1.54, 1.807) is 37.4 Å². The van der Waals surface area contributed by atoms with Gasteiger partial charge in [0.15, 0.2) is 0 Å². The number of benzene rings is 1. The van der Waals surface area contributed by atoms with Gasteiger partial charge in [-0.15, -0.1) is 11.3 Å². The van der Waals surface area contributed by atoms with Crippen LogP contribution in [0.25, 0.3) is 21.3 Å². The molecule has 0 fully saturated rings. The second kappa shape index (κ2) is 5.73. The van der Waals surface area contributed by atoms with Crippen molar-refractivity contribution >= 4 is 33.2 Å². The summed E-state index contributed by atoms with van der Waals surface area (Å²) < 4.78 is 19.9. The van der Waals surface area contributed by atoms with Crippen LogP contribution in [0.3, 0.4) is 0 Å². The van der Waals surface area contributed by atoms with Crippen LogP contribution in [-0.2, 0) is 4.74 Å². The van der Waals surface area contributed by atoms with Gasteiger partial charge in [0.1, 0.15) is 10.7 Å². The highest BCUT2D eigenvalue weighted by molar-refractivity contribution is 7.21. The Morgan fingerprint density at radius 2 is 2.14 bits per heavy atom. The second-order valence-electron chi connectivity index (χ2n) is 4.64. The smallest absolute Gasteiger partial charge is 0.348 e. The monoisotopic (exact) mass is 316 g/mol. The van der Waals surface area contributed by atoms with Gasteiger partial charge in [-0.2, -0.15) is 0 Å².